The van der Waals surface area contributed by atoms with Crippen molar-refractivity contribution in [2.24, 2.45) is 0 Å². The number of nitrogens with zero attached hydrogens (tertiary/aromatic N) is 1. The molecule has 0 unspecified atom stereocenters. The predicted molar refractivity (Wildman–Crippen MR) is 64.3 cm³/mol. The van der Waals surface area contributed by atoms with Crippen LogP contribution in [0.4, 0.5) is 11.5 Å². The second-order valence-corrected chi connectivity index (χ2v) is 3.79. The van der Waals surface area contributed by atoms with Crippen LogP contribution in [0.5, 0.6) is 0 Å². The van der Waals surface area contributed by atoms with Crippen LogP contribution in [0.25, 0.3) is 0 Å². The third kappa shape index (κ3) is 3.38. The normalized spacial score (nSPS) is 10.7. The maximum Gasteiger partial charge on any atom is 0.149 e. The molecule has 0 aromatic carbocycles. The number of hydrogen-bond donors (Lipinski definition) is 2. The Balaban J connectivity index is 2.50. The summed E-state index contributed by atoms with van der Waals surface area (Å²) >= 11 is 3.31. The lowest BCUT2D eigenvalue weighted by Gasteiger charge is -2.06. The van der Waals surface area contributed by atoms with Crippen molar-refractivity contribution in [3.63, 3.8) is 0 Å². The zero-order valence-corrected chi connectivity index (χ0v) is 9.71. The molecule has 0 saturated carbocycles. The fourth-order valence-corrected chi connectivity index (χ4v) is 1.39. The van der Waals surface area contributed by atoms with Crippen molar-refractivity contribution in [2.45, 2.75) is 13.3 Å². The van der Waals surface area contributed by atoms with Gasteiger partial charge in [0.25, 0.3) is 0 Å². The number of pyridine rings is 1. The number of nitrogens with two attached hydrogens (primary N) is 1. The summed E-state index contributed by atoms with van der Waals surface area (Å²) in [5, 5.41) is 3.17. The van der Waals surface area contributed by atoms with Gasteiger partial charge < -0.3 is 11.1 Å². The maximum atomic E-state index is 5.76. The molecule has 0 amide bonds. The van der Waals surface area contributed by atoms with E-state index in [0.717, 1.165) is 23.3 Å². The Morgan fingerprint density at radius 1 is 1.64 bits per heavy atom. The molecule has 0 aliphatic carbocycles. The van der Waals surface area contributed by atoms with E-state index in [-0.39, 0.29) is 0 Å². The minimum absolute atomic E-state index is 0.667. The van der Waals surface area contributed by atoms with Crippen molar-refractivity contribution in [1.82, 2.24) is 4.98 Å². The van der Waals surface area contributed by atoms with Crippen LogP contribution in [0.15, 0.2) is 28.9 Å². The number of nitrogen functional groups attached to an aromatic ring is 1. The van der Waals surface area contributed by atoms with Gasteiger partial charge in [0, 0.05) is 17.2 Å². The number of anilines is 2. The van der Waals surface area contributed by atoms with Gasteiger partial charge in [-0.15, -0.1) is 0 Å². The van der Waals surface area contributed by atoms with E-state index in [0.29, 0.717) is 5.69 Å². The Bertz CT molecular complexity index is 323. The van der Waals surface area contributed by atoms with E-state index in [1.54, 1.807) is 6.20 Å². The van der Waals surface area contributed by atoms with Crippen molar-refractivity contribution >= 4 is 27.4 Å². The predicted octanol–water partition coefficient (Wildman–Crippen LogP) is 2.80. The molecule has 1 heterocycles. The molecule has 1 aromatic rings. The fraction of sp³-hybridized carbons (Fsp3) is 0.300. The zero-order chi connectivity index (χ0) is 10.4. The van der Waals surface area contributed by atoms with Crippen LogP contribution in [0.2, 0.25) is 0 Å². The van der Waals surface area contributed by atoms with Crippen LogP contribution in [-0.2, 0) is 0 Å². The lowest BCUT2D eigenvalue weighted by atomic mass is 10.3. The lowest BCUT2D eigenvalue weighted by Crippen LogP contribution is -2.05. The first-order valence-corrected chi connectivity index (χ1v) is 5.29. The van der Waals surface area contributed by atoms with Crippen molar-refractivity contribution in [3.8, 4) is 0 Å². The lowest BCUT2D eigenvalue weighted by molar-refractivity contribution is 1.05. The molecule has 0 fully saturated rings. The van der Waals surface area contributed by atoms with Crippen molar-refractivity contribution < 1.29 is 0 Å². The summed E-state index contributed by atoms with van der Waals surface area (Å²) in [6, 6.07) is 1.84. The van der Waals surface area contributed by atoms with E-state index in [1.165, 1.54) is 0 Å². The van der Waals surface area contributed by atoms with Crippen LogP contribution in [0.3, 0.4) is 0 Å². The Kier molecular flexibility index (Phi) is 4.46. The first-order valence-electron chi connectivity index (χ1n) is 4.50. The molecule has 1 aromatic heterocycles. The van der Waals surface area contributed by atoms with Gasteiger partial charge in [-0.25, -0.2) is 4.98 Å². The molecule has 14 heavy (non-hydrogen) atoms. The molecule has 0 radical (unpaired) electrons. The summed E-state index contributed by atoms with van der Waals surface area (Å²) in [4.78, 5) is 4.17. The van der Waals surface area contributed by atoms with Crippen LogP contribution in [-0.4, -0.2) is 11.5 Å². The molecule has 0 atom stereocenters. The Hall–Kier alpha value is -1.03. The summed E-state index contributed by atoms with van der Waals surface area (Å²) in [5.74, 6) is 0.748. The smallest absolute Gasteiger partial charge is 0.149 e. The highest BCUT2D eigenvalue weighted by molar-refractivity contribution is 9.10. The van der Waals surface area contributed by atoms with Gasteiger partial charge in [-0.1, -0.05) is 12.2 Å². The van der Waals surface area contributed by atoms with E-state index in [4.69, 9.17) is 5.73 Å². The summed E-state index contributed by atoms with van der Waals surface area (Å²) in [7, 11) is 0. The third-order valence-electron chi connectivity index (χ3n) is 1.72. The molecule has 0 spiro atoms. The Morgan fingerprint density at radius 2 is 2.43 bits per heavy atom. The molecule has 76 valence electrons. The van der Waals surface area contributed by atoms with Crippen LogP contribution < -0.4 is 11.1 Å². The minimum Gasteiger partial charge on any atom is -0.396 e. The summed E-state index contributed by atoms with van der Waals surface area (Å²) in [6.07, 6.45) is 6.84. The molecule has 4 heteroatoms. The van der Waals surface area contributed by atoms with E-state index < -0.39 is 0 Å². The average Bonchev–Trinajstić information content (AvgIpc) is 2.15. The van der Waals surface area contributed by atoms with E-state index >= 15 is 0 Å². The summed E-state index contributed by atoms with van der Waals surface area (Å²) < 4.78 is 0.897. The van der Waals surface area contributed by atoms with E-state index in [9.17, 15) is 0 Å². The first kappa shape index (κ1) is 11.0. The highest BCUT2D eigenvalue weighted by atomic mass is 79.9. The maximum absolute atomic E-state index is 5.76. The molecular formula is C10H14BrN3. The summed E-state index contributed by atoms with van der Waals surface area (Å²) in [6.45, 7) is 2.86. The number of hydrogen-bond acceptors (Lipinski definition) is 3. The van der Waals surface area contributed by atoms with Crippen LogP contribution in [0, 0.1) is 0 Å². The zero-order valence-electron chi connectivity index (χ0n) is 8.13. The van der Waals surface area contributed by atoms with Gasteiger partial charge >= 0.3 is 0 Å². The second kappa shape index (κ2) is 5.65. The molecule has 1 rings (SSSR count). The van der Waals surface area contributed by atoms with Crippen LogP contribution in [0.1, 0.15) is 13.3 Å². The number of rotatable bonds is 4. The van der Waals surface area contributed by atoms with Gasteiger partial charge in [0.2, 0.25) is 0 Å². The minimum atomic E-state index is 0.667. The van der Waals surface area contributed by atoms with E-state index in [1.807, 2.05) is 19.1 Å². The quantitative estimate of drug-likeness (QED) is 0.643. The Morgan fingerprint density at radius 3 is 3.07 bits per heavy atom. The van der Waals surface area contributed by atoms with Gasteiger partial charge in [-0.3, -0.25) is 0 Å². The van der Waals surface area contributed by atoms with Gasteiger partial charge in [-0.2, -0.15) is 0 Å². The number of nitrogens with one attached hydrogen (secondary N) is 1. The monoisotopic (exact) mass is 255 g/mol. The van der Waals surface area contributed by atoms with Crippen LogP contribution >= 0.6 is 15.9 Å². The van der Waals surface area contributed by atoms with Crippen molar-refractivity contribution in [2.75, 3.05) is 17.6 Å². The van der Waals surface area contributed by atoms with Crippen molar-refractivity contribution in [1.29, 1.82) is 0 Å². The van der Waals surface area contributed by atoms with E-state index in [2.05, 4.69) is 32.3 Å². The number of aromatic nitrogens is 1. The standard InChI is InChI=1S/C10H14BrN3/c1-2-3-4-5-13-10-9(12)6-8(11)7-14-10/h2-3,6-7H,4-5,12H2,1H3,(H,13,14)/b3-2+. The van der Waals surface area contributed by atoms with Gasteiger partial charge in [0.1, 0.15) is 5.82 Å². The molecular weight excluding hydrogens is 242 g/mol. The number of allylic oxidation sites excluding steroid dienone is 1. The summed E-state index contributed by atoms with van der Waals surface area (Å²) in [5.41, 5.74) is 6.43. The van der Waals surface area contributed by atoms with Crippen molar-refractivity contribution in [3.05, 3.63) is 28.9 Å². The molecule has 3 nitrogen and oxygen atoms in total. The topological polar surface area (TPSA) is 50.9 Å². The van der Waals surface area contributed by atoms with Gasteiger partial charge in [0.15, 0.2) is 0 Å². The molecule has 0 saturated heterocycles. The van der Waals surface area contributed by atoms with Gasteiger partial charge in [0.05, 0.1) is 5.69 Å². The second-order valence-electron chi connectivity index (χ2n) is 2.88. The molecule has 0 aliphatic heterocycles. The molecule has 3 N–H and O–H groups in total. The average molecular weight is 256 g/mol. The number of halogens is 1. The first-order chi connectivity index (χ1) is 6.74. The highest BCUT2D eigenvalue weighted by Gasteiger charge is 1.99. The highest BCUT2D eigenvalue weighted by Crippen LogP contribution is 2.19. The van der Waals surface area contributed by atoms with Gasteiger partial charge in [-0.05, 0) is 35.3 Å². The molecule has 0 aliphatic rings. The third-order valence-corrected chi connectivity index (χ3v) is 2.16. The molecule has 0 bridgehead atoms. The fourth-order valence-electron chi connectivity index (χ4n) is 1.04. The Labute approximate surface area is 92.5 Å². The largest absolute Gasteiger partial charge is 0.396 e. The SMILES string of the molecule is C/C=C/CCNc1ncc(Br)cc1N.